The molecular weight excluding hydrogens is 310 g/mol. The molecule has 1 aromatic rings. The molecular formula is C14H18BrNO3. The fourth-order valence-corrected chi connectivity index (χ4v) is 2.84. The van der Waals surface area contributed by atoms with Crippen molar-refractivity contribution in [2.45, 2.75) is 26.0 Å². The molecule has 1 N–H and O–H groups in total. The predicted molar refractivity (Wildman–Crippen MR) is 76.2 cm³/mol. The number of aliphatic hydroxyl groups excluding tert-OH is 1. The number of rotatable bonds is 2. The lowest BCUT2D eigenvalue weighted by Crippen LogP contribution is -2.52. The predicted octanol–water partition coefficient (Wildman–Crippen LogP) is 1.98. The van der Waals surface area contributed by atoms with Crippen LogP contribution in [0.4, 0.5) is 0 Å². The van der Waals surface area contributed by atoms with E-state index < -0.39 is 0 Å². The normalized spacial score (nSPS) is 23.5. The van der Waals surface area contributed by atoms with E-state index in [0.29, 0.717) is 18.7 Å². The summed E-state index contributed by atoms with van der Waals surface area (Å²) in [7, 11) is 0. The lowest BCUT2D eigenvalue weighted by atomic mass is 10.1. The molecule has 1 aromatic carbocycles. The van der Waals surface area contributed by atoms with Gasteiger partial charge in [0.2, 0.25) is 0 Å². The summed E-state index contributed by atoms with van der Waals surface area (Å²) in [5.74, 6) is -0.0151. The molecule has 0 saturated carbocycles. The molecule has 0 unspecified atom stereocenters. The van der Waals surface area contributed by atoms with Crippen LogP contribution in [0.5, 0.6) is 0 Å². The number of hydrogen-bond acceptors (Lipinski definition) is 3. The Labute approximate surface area is 121 Å². The van der Waals surface area contributed by atoms with Crippen molar-refractivity contribution in [3.05, 3.63) is 33.8 Å². The van der Waals surface area contributed by atoms with Crippen molar-refractivity contribution in [2.24, 2.45) is 0 Å². The smallest absolute Gasteiger partial charge is 0.254 e. The Kier molecular flexibility index (Phi) is 4.60. The van der Waals surface area contributed by atoms with Gasteiger partial charge in [-0.2, -0.15) is 0 Å². The fourth-order valence-electron chi connectivity index (χ4n) is 2.24. The molecule has 0 aromatic heterocycles. The van der Waals surface area contributed by atoms with Crippen molar-refractivity contribution in [3.8, 4) is 0 Å². The minimum Gasteiger partial charge on any atom is -0.394 e. The van der Waals surface area contributed by atoms with Gasteiger partial charge in [-0.3, -0.25) is 4.79 Å². The van der Waals surface area contributed by atoms with E-state index in [-0.39, 0.29) is 24.7 Å². The third-order valence-electron chi connectivity index (χ3n) is 3.26. The van der Waals surface area contributed by atoms with E-state index in [2.05, 4.69) is 15.9 Å². The Morgan fingerprint density at radius 2 is 2.26 bits per heavy atom. The molecule has 1 heterocycles. The number of benzene rings is 1. The van der Waals surface area contributed by atoms with Gasteiger partial charge >= 0.3 is 0 Å². The zero-order valence-electron chi connectivity index (χ0n) is 11.1. The van der Waals surface area contributed by atoms with E-state index in [4.69, 9.17) is 9.84 Å². The summed E-state index contributed by atoms with van der Waals surface area (Å²) in [5.41, 5.74) is 1.70. The van der Waals surface area contributed by atoms with Crippen LogP contribution in [0.25, 0.3) is 0 Å². The first-order chi connectivity index (χ1) is 9.01. The van der Waals surface area contributed by atoms with Crippen molar-refractivity contribution >= 4 is 21.8 Å². The summed E-state index contributed by atoms with van der Waals surface area (Å²) in [6.45, 7) is 4.75. The maximum absolute atomic E-state index is 12.5. The summed E-state index contributed by atoms with van der Waals surface area (Å²) in [5, 5.41) is 9.17. The highest BCUT2D eigenvalue weighted by molar-refractivity contribution is 9.10. The van der Waals surface area contributed by atoms with Crippen LogP contribution in [0.15, 0.2) is 22.7 Å². The summed E-state index contributed by atoms with van der Waals surface area (Å²) in [4.78, 5) is 14.3. The average Bonchev–Trinajstić information content (AvgIpc) is 2.37. The van der Waals surface area contributed by atoms with Crippen LogP contribution in [0.3, 0.4) is 0 Å². The molecule has 1 fully saturated rings. The van der Waals surface area contributed by atoms with Gasteiger partial charge in [-0.15, -0.1) is 0 Å². The Balaban J connectivity index is 2.21. The second kappa shape index (κ2) is 6.03. The number of amides is 1. The monoisotopic (exact) mass is 327 g/mol. The molecule has 19 heavy (non-hydrogen) atoms. The molecule has 2 rings (SSSR count). The van der Waals surface area contributed by atoms with E-state index in [9.17, 15) is 4.79 Å². The molecule has 1 aliphatic heterocycles. The summed E-state index contributed by atoms with van der Waals surface area (Å²) < 4.78 is 6.35. The number of aryl methyl sites for hydroxylation is 1. The number of carbonyl (C=O) groups excluding carboxylic acids is 1. The zero-order valence-corrected chi connectivity index (χ0v) is 12.7. The van der Waals surface area contributed by atoms with E-state index in [1.165, 1.54) is 0 Å². The minimum absolute atomic E-state index is 0.0151. The fraction of sp³-hybridized carbons (Fsp3) is 0.500. The third-order valence-corrected chi connectivity index (χ3v) is 3.72. The molecule has 0 radical (unpaired) electrons. The minimum atomic E-state index is -0.284. The standard InChI is InChI=1S/C14H18BrNO3/c1-9-3-11(5-12(15)4-9)14(18)16-6-13(7-17)19-8-10(16)2/h3-5,10,13,17H,6-8H2,1-2H3/t10-,13-/m0/s1. The lowest BCUT2D eigenvalue weighted by Gasteiger charge is -2.37. The van der Waals surface area contributed by atoms with Crippen LogP contribution in [0.2, 0.25) is 0 Å². The average molecular weight is 328 g/mol. The molecule has 104 valence electrons. The van der Waals surface area contributed by atoms with Crippen molar-refractivity contribution in [1.82, 2.24) is 4.90 Å². The molecule has 1 amide bonds. The van der Waals surface area contributed by atoms with Gasteiger partial charge in [0.25, 0.3) is 5.91 Å². The SMILES string of the molecule is Cc1cc(Br)cc(C(=O)N2C[C@@H](CO)OC[C@@H]2C)c1. The number of carbonyl (C=O) groups is 1. The maximum Gasteiger partial charge on any atom is 0.254 e. The van der Waals surface area contributed by atoms with Crippen LogP contribution in [0, 0.1) is 6.92 Å². The van der Waals surface area contributed by atoms with E-state index in [1.54, 1.807) is 4.90 Å². The van der Waals surface area contributed by atoms with E-state index >= 15 is 0 Å². The summed E-state index contributed by atoms with van der Waals surface area (Å²) in [6.07, 6.45) is -0.284. The number of morpholine rings is 1. The Bertz CT molecular complexity index is 458. The zero-order chi connectivity index (χ0) is 14.0. The van der Waals surface area contributed by atoms with Crippen molar-refractivity contribution in [1.29, 1.82) is 0 Å². The number of hydrogen-bond donors (Lipinski definition) is 1. The van der Waals surface area contributed by atoms with Crippen molar-refractivity contribution in [3.63, 3.8) is 0 Å². The van der Waals surface area contributed by atoms with Crippen LogP contribution in [-0.4, -0.2) is 47.8 Å². The molecule has 1 aliphatic rings. The van der Waals surface area contributed by atoms with E-state index in [0.717, 1.165) is 10.0 Å². The second-order valence-corrected chi connectivity index (χ2v) is 5.88. The van der Waals surface area contributed by atoms with Crippen LogP contribution < -0.4 is 0 Å². The van der Waals surface area contributed by atoms with Crippen molar-refractivity contribution in [2.75, 3.05) is 19.8 Å². The van der Waals surface area contributed by atoms with Crippen LogP contribution in [-0.2, 0) is 4.74 Å². The molecule has 4 nitrogen and oxygen atoms in total. The highest BCUT2D eigenvalue weighted by atomic mass is 79.9. The van der Waals surface area contributed by atoms with Crippen LogP contribution in [0.1, 0.15) is 22.8 Å². The number of ether oxygens (including phenoxy) is 1. The third kappa shape index (κ3) is 3.35. The highest BCUT2D eigenvalue weighted by Gasteiger charge is 2.30. The molecule has 1 saturated heterocycles. The first-order valence-corrected chi connectivity index (χ1v) is 7.11. The first-order valence-electron chi connectivity index (χ1n) is 6.32. The second-order valence-electron chi connectivity index (χ2n) is 4.96. The van der Waals surface area contributed by atoms with Gasteiger partial charge in [-0.05, 0) is 37.6 Å². The van der Waals surface area contributed by atoms with Gasteiger partial charge in [-0.25, -0.2) is 0 Å². The summed E-state index contributed by atoms with van der Waals surface area (Å²) in [6, 6.07) is 5.69. The van der Waals surface area contributed by atoms with Gasteiger partial charge in [0, 0.05) is 16.6 Å². The molecule has 2 atom stereocenters. The van der Waals surface area contributed by atoms with Gasteiger partial charge in [0.15, 0.2) is 0 Å². The summed E-state index contributed by atoms with van der Waals surface area (Å²) >= 11 is 3.41. The Morgan fingerprint density at radius 3 is 2.89 bits per heavy atom. The van der Waals surface area contributed by atoms with Crippen LogP contribution >= 0.6 is 15.9 Å². The lowest BCUT2D eigenvalue weighted by molar-refractivity contribution is -0.0667. The Morgan fingerprint density at radius 1 is 1.53 bits per heavy atom. The molecule has 0 aliphatic carbocycles. The van der Waals surface area contributed by atoms with Gasteiger partial charge in [0.1, 0.15) is 0 Å². The first kappa shape index (κ1) is 14.5. The topological polar surface area (TPSA) is 49.8 Å². The van der Waals surface area contributed by atoms with E-state index in [1.807, 2.05) is 32.0 Å². The highest BCUT2D eigenvalue weighted by Crippen LogP contribution is 2.20. The number of aliphatic hydroxyl groups is 1. The number of nitrogens with zero attached hydrogens (tertiary/aromatic N) is 1. The quantitative estimate of drug-likeness (QED) is 0.903. The molecule has 5 heteroatoms. The molecule has 0 spiro atoms. The Hall–Kier alpha value is -0.910. The largest absolute Gasteiger partial charge is 0.394 e. The molecule has 0 bridgehead atoms. The van der Waals surface area contributed by atoms with Gasteiger partial charge in [-0.1, -0.05) is 15.9 Å². The van der Waals surface area contributed by atoms with Gasteiger partial charge < -0.3 is 14.7 Å². The van der Waals surface area contributed by atoms with Gasteiger partial charge in [0.05, 0.1) is 25.4 Å². The van der Waals surface area contributed by atoms with Crippen molar-refractivity contribution < 1.29 is 14.6 Å². The maximum atomic E-state index is 12.5. The number of halogens is 1.